The third-order valence-electron chi connectivity index (χ3n) is 4.15. The number of methoxy groups -OCH3 is 2. The second kappa shape index (κ2) is 9.41. The summed E-state index contributed by atoms with van der Waals surface area (Å²) in [7, 11) is -1.10. The van der Waals surface area contributed by atoms with Crippen LogP contribution in [-0.2, 0) is 10.0 Å². The number of rotatable bonds is 9. The number of sulfonamides is 1. The Labute approximate surface area is 176 Å². The molecule has 8 heteroatoms. The first-order valence-electron chi connectivity index (χ1n) is 9.21. The summed E-state index contributed by atoms with van der Waals surface area (Å²) in [6, 6.07) is 18.4. The van der Waals surface area contributed by atoms with Crippen molar-refractivity contribution in [2.75, 3.05) is 25.5 Å². The van der Waals surface area contributed by atoms with E-state index in [1.54, 1.807) is 54.6 Å². The van der Waals surface area contributed by atoms with Crippen molar-refractivity contribution in [2.24, 2.45) is 0 Å². The highest BCUT2D eigenvalue weighted by Crippen LogP contribution is 2.34. The molecule has 0 aliphatic carbocycles. The summed E-state index contributed by atoms with van der Waals surface area (Å²) in [5.74, 6) is 2.23. The molecule has 0 aromatic heterocycles. The lowest BCUT2D eigenvalue weighted by Gasteiger charge is -2.15. The second-order valence-corrected chi connectivity index (χ2v) is 7.78. The number of hydrogen-bond donors (Lipinski definition) is 1. The molecule has 0 fully saturated rings. The van der Waals surface area contributed by atoms with Crippen molar-refractivity contribution in [3.63, 3.8) is 0 Å². The van der Waals surface area contributed by atoms with Gasteiger partial charge in [-0.15, -0.1) is 0 Å². The van der Waals surface area contributed by atoms with Gasteiger partial charge in [-0.1, -0.05) is 12.1 Å². The molecule has 0 unspecified atom stereocenters. The first-order chi connectivity index (χ1) is 14.5. The molecule has 3 aromatic rings. The van der Waals surface area contributed by atoms with Crippen LogP contribution in [0, 0.1) is 0 Å². The van der Waals surface area contributed by atoms with Gasteiger partial charge in [0.1, 0.15) is 27.9 Å². The predicted octanol–water partition coefficient (Wildman–Crippen LogP) is 4.70. The van der Waals surface area contributed by atoms with Gasteiger partial charge in [-0.25, -0.2) is 8.42 Å². The van der Waals surface area contributed by atoms with Gasteiger partial charge in [-0.05, 0) is 55.5 Å². The number of ether oxygens (including phenoxy) is 4. The minimum atomic E-state index is -3.97. The van der Waals surface area contributed by atoms with E-state index in [1.165, 1.54) is 26.4 Å². The monoisotopic (exact) mass is 429 g/mol. The number of anilines is 1. The van der Waals surface area contributed by atoms with Gasteiger partial charge in [0.05, 0.1) is 26.5 Å². The molecule has 1 N–H and O–H groups in total. The van der Waals surface area contributed by atoms with Crippen LogP contribution in [0.15, 0.2) is 71.6 Å². The Hall–Kier alpha value is -3.39. The van der Waals surface area contributed by atoms with E-state index in [1.807, 2.05) is 6.92 Å². The van der Waals surface area contributed by atoms with E-state index in [4.69, 9.17) is 18.9 Å². The minimum absolute atomic E-state index is 0.0415. The summed E-state index contributed by atoms with van der Waals surface area (Å²) in [6.07, 6.45) is 0. The SMILES string of the molecule is CCOc1ccc(Oc2ccccc2NS(=O)(=O)c2cc(OC)ccc2OC)cc1. The van der Waals surface area contributed by atoms with Crippen LogP contribution in [0.5, 0.6) is 28.7 Å². The summed E-state index contributed by atoms with van der Waals surface area (Å²) in [4.78, 5) is -0.0415. The predicted molar refractivity (Wildman–Crippen MR) is 114 cm³/mol. The van der Waals surface area contributed by atoms with Crippen LogP contribution in [0.4, 0.5) is 5.69 Å². The van der Waals surface area contributed by atoms with Crippen molar-refractivity contribution in [2.45, 2.75) is 11.8 Å². The highest BCUT2D eigenvalue weighted by atomic mass is 32.2. The molecule has 0 aliphatic rings. The van der Waals surface area contributed by atoms with Gasteiger partial charge >= 0.3 is 0 Å². The fourth-order valence-electron chi connectivity index (χ4n) is 2.73. The topological polar surface area (TPSA) is 83.1 Å². The van der Waals surface area contributed by atoms with Crippen molar-refractivity contribution in [1.82, 2.24) is 0 Å². The van der Waals surface area contributed by atoms with E-state index >= 15 is 0 Å². The zero-order valence-corrected chi connectivity index (χ0v) is 17.7. The van der Waals surface area contributed by atoms with Crippen LogP contribution in [0.1, 0.15) is 6.92 Å². The van der Waals surface area contributed by atoms with Crippen LogP contribution < -0.4 is 23.7 Å². The van der Waals surface area contributed by atoms with Gasteiger partial charge in [0.15, 0.2) is 5.75 Å². The molecule has 0 aliphatic heterocycles. The van der Waals surface area contributed by atoms with Crippen LogP contribution >= 0.6 is 0 Å². The number of para-hydroxylation sites is 2. The molecule has 0 atom stereocenters. The molecule has 0 amide bonds. The van der Waals surface area contributed by atoms with Crippen LogP contribution in [0.3, 0.4) is 0 Å². The fourth-order valence-corrected chi connectivity index (χ4v) is 3.99. The molecule has 0 heterocycles. The van der Waals surface area contributed by atoms with E-state index in [0.29, 0.717) is 23.9 Å². The number of nitrogens with one attached hydrogen (secondary N) is 1. The van der Waals surface area contributed by atoms with Gasteiger partial charge in [0, 0.05) is 6.07 Å². The van der Waals surface area contributed by atoms with E-state index in [2.05, 4.69) is 4.72 Å². The Morgan fingerprint density at radius 3 is 2.13 bits per heavy atom. The average Bonchev–Trinajstić information content (AvgIpc) is 2.76. The molecular formula is C22H23NO6S. The Kier molecular flexibility index (Phi) is 6.68. The maximum atomic E-state index is 13.1. The number of benzene rings is 3. The third kappa shape index (κ3) is 4.96. The summed E-state index contributed by atoms with van der Waals surface area (Å²) in [5.41, 5.74) is 0.288. The van der Waals surface area contributed by atoms with Gasteiger partial charge in [-0.2, -0.15) is 0 Å². The lowest BCUT2D eigenvalue weighted by molar-refractivity contribution is 0.339. The third-order valence-corrected chi connectivity index (χ3v) is 5.54. The normalized spacial score (nSPS) is 10.9. The summed E-state index contributed by atoms with van der Waals surface area (Å²) in [5, 5.41) is 0. The molecule has 158 valence electrons. The minimum Gasteiger partial charge on any atom is -0.497 e. The van der Waals surface area contributed by atoms with Gasteiger partial charge in [-0.3, -0.25) is 4.72 Å². The van der Waals surface area contributed by atoms with E-state index in [0.717, 1.165) is 5.75 Å². The summed E-state index contributed by atoms with van der Waals surface area (Å²) >= 11 is 0. The largest absolute Gasteiger partial charge is 0.497 e. The first-order valence-corrected chi connectivity index (χ1v) is 10.7. The van der Waals surface area contributed by atoms with Crippen LogP contribution in [-0.4, -0.2) is 29.2 Å². The lowest BCUT2D eigenvalue weighted by atomic mass is 10.3. The Balaban J connectivity index is 1.89. The maximum Gasteiger partial charge on any atom is 0.265 e. The van der Waals surface area contributed by atoms with Crippen molar-refractivity contribution in [3.8, 4) is 28.7 Å². The van der Waals surface area contributed by atoms with Gasteiger partial charge in [0.2, 0.25) is 0 Å². The first kappa shape index (κ1) is 21.3. The highest BCUT2D eigenvalue weighted by Gasteiger charge is 2.22. The van der Waals surface area contributed by atoms with E-state index in [9.17, 15) is 8.42 Å². The fraction of sp³-hybridized carbons (Fsp3) is 0.182. The Morgan fingerprint density at radius 1 is 0.800 bits per heavy atom. The summed E-state index contributed by atoms with van der Waals surface area (Å²) < 4.78 is 50.3. The van der Waals surface area contributed by atoms with E-state index < -0.39 is 10.0 Å². The van der Waals surface area contributed by atoms with Gasteiger partial charge in [0.25, 0.3) is 10.0 Å². The van der Waals surface area contributed by atoms with Crippen molar-refractivity contribution in [3.05, 3.63) is 66.7 Å². The molecule has 0 saturated heterocycles. The summed E-state index contributed by atoms with van der Waals surface area (Å²) in [6.45, 7) is 2.47. The van der Waals surface area contributed by atoms with Crippen LogP contribution in [0.2, 0.25) is 0 Å². The molecule has 3 rings (SSSR count). The average molecular weight is 429 g/mol. The molecule has 0 spiro atoms. The zero-order valence-electron chi connectivity index (χ0n) is 16.9. The highest BCUT2D eigenvalue weighted by molar-refractivity contribution is 7.92. The van der Waals surface area contributed by atoms with Crippen molar-refractivity contribution in [1.29, 1.82) is 0 Å². The molecule has 0 bridgehead atoms. The Bertz CT molecular complexity index is 1100. The van der Waals surface area contributed by atoms with Crippen molar-refractivity contribution >= 4 is 15.7 Å². The standard InChI is InChI=1S/C22H23NO6S/c1-4-28-16-9-11-17(12-10-16)29-20-8-6-5-7-19(20)23-30(24,25)22-15-18(26-2)13-14-21(22)27-3/h5-15,23H,4H2,1-3H3. The Morgan fingerprint density at radius 2 is 1.47 bits per heavy atom. The number of hydrogen-bond acceptors (Lipinski definition) is 6. The van der Waals surface area contributed by atoms with Gasteiger partial charge < -0.3 is 18.9 Å². The zero-order chi connectivity index (χ0) is 21.6. The van der Waals surface area contributed by atoms with E-state index in [-0.39, 0.29) is 16.3 Å². The smallest absolute Gasteiger partial charge is 0.265 e. The molecule has 0 radical (unpaired) electrons. The molecule has 30 heavy (non-hydrogen) atoms. The molecule has 0 saturated carbocycles. The molecule has 3 aromatic carbocycles. The van der Waals surface area contributed by atoms with Crippen molar-refractivity contribution < 1.29 is 27.4 Å². The van der Waals surface area contributed by atoms with Crippen LogP contribution in [0.25, 0.3) is 0 Å². The lowest BCUT2D eigenvalue weighted by Crippen LogP contribution is -2.14. The molecular weight excluding hydrogens is 406 g/mol. The maximum absolute atomic E-state index is 13.1. The quantitative estimate of drug-likeness (QED) is 0.531. The second-order valence-electron chi connectivity index (χ2n) is 6.12. The molecule has 7 nitrogen and oxygen atoms in total.